The molecule has 4 aromatic rings. The molecule has 1 amide bonds. The van der Waals surface area contributed by atoms with Gasteiger partial charge in [0.1, 0.15) is 11.4 Å². The number of hydrogen-bond acceptors (Lipinski definition) is 7. The largest absolute Gasteiger partial charge is 0.494 e. The number of methoxy groups -OCH3 is 2. The number of anilines is 1. The molecule has 0 aliphatic carbocycles. The quantitative estimate of drug-likeness (QED) is 0.313. The van der Waals surface area contributed by atoms with Gasteiger partial charge in [0.2, 0.25) is 5.91 Å². The molecule has 1 N–H and O–H groups in total. The van der Waals surface area contributed by atoms with Crippen molar-refractivity contribution in [3.63, 3.8) is 0 Å². The zero-order valence-corrected chi connectivity index (χ0v) is 22.6. The Labute approximate surface area is 229 Å². The fourth-order valence-corrected chi connectivity index (χ4v) is 5.26. The van der Waals surface area contributed by atoms with Gasteiger partial charge in [-0.2, -0.15) is 5.10 Å². The number of hydrogen-bond donors (Lipinski definition) is 1. The Morgan fingerprint density at radius 1 is 1.00 bits per heavy atom. The van der Waals surface area contributed by atoms with E-state index in [9.17, 15) is 4.79 Å². The molecule has 204 valence electrons. The minimum absolute atomic E-state index is 0.00710. The van der Waals surface area contributed by atoms with Gasteiger partial charge in [-0.3, -0.25) is 14.7 Å². The molecule has 1 atom stereocenters. The zero-order chi connectivity index (χ0) is 27.0. The SMILES string of the molecule is COCCNC(=O)CC(c1ccn(-c2ccccc2)n1)N1CCCN(c2c(OC)ccc3cccnc23)CC1. The third kappa shape index (κ3) is 6.21. The van der Waals surface area contributed by atoms with Crippen LogP contribution in [0, 0.1) is 0 Å². The Morgan fingerprint density at radius 2 is 1.87 bits per heavy atom. The summed E-state index contributed by atoms with van der Waals surface area (Å²) >= 11 is 0. The highest BCUT2D eigenvalue weighted by molar-refractivity contribution is 5.94. The van der Waals surface area contributed by atoms with Gasteiger partial charge in [-0.15, -0.1) is 0 Å². The molecule has 1 fully saturated rings. The lowest BCUT2D eigenvalue weighted by Gasteiger charge is -2.30. The van der Waals surface area contributed by atoms with Crippen molar-refractivity contribution >= 4 is 22.5 Å². The summed E-state index contributed by atoms with van der Waals surface area (Å²) in [6, 6.07) is 20.0. The molecular formula is C30H36N6O3. The Bertz CT molecular complexity index is 1380. The first kappa shape index (κ1) is 26.6. The van der Waals surface area contributed by atoms with Crippen LogP contribution in [0.5, 0.6) is 5.75 Å². The van der Waals surface area contributed by atoms with Gasteiger partial charge in [-0.1, -0.05) is 24.3 Å². The molecule has 0 bridgehead atoms. The topological polar surface area (TPSA) is 84.8 Å². The van der Waals surface area contributed by atoms with Crippen LogP contribution < -0.4 is 15.0 Å². The molecule has 9 heteroatoms. The first-order chi connectivity index (χ1) is 19.2. The van der Waals surface area contributed by atoms with E-state index in [1.165, 1.54) is 0 Å². The maximum absolute atomic E-state index is 13.0. The van der Waals surface area contributed by atoms with E-state index < -0.39 is 0 Å². The van der Waals surface area contributed by atoms with E-state index in [0.29, 0.717) is 19.6 Å². The summed E-state index contributed by atoms with van der Waals surface area (Å²) < 4.78 is 12.7. The van der Waals surface area contributed by atoms with Crippen LogP contribution in [0.2, 0.25) is 0 Å². The van der Waals surface area contributed by atoms with Crippen molar-refractivity contribution in [2.45, 2.75) is 18.9 Å². The van der Waals surface area contributed by atoms with Crippen molar-refractivity contribution in [3.05, 3.63) is 78.8 Å². The number of fused-ring (bicyclic) bond motifs is 1. The van der Waals surface area contributed by atoms with Crippen LogP contribution in [0.4, 0.5) is 5.69 Å². The molecule has 1 unspecified atom stereocenters. The lowest BCUT2D eigenvalue weighted by molar-refractivity contribution is -0.122. The highest BCUT2D eigenvalue weighted by atomic mass is 16.5. The van der Waals surface area contributed by atoms with Crippen LogP contribution in [0.25, 0.3) is 16.6 Å². The molecule has 2 aromatic heterocycles. The van der Waals surface area contributed by atoms with Crippen molar-refractivity contribution in [2.24, 2.45) is 0 Å². The number of carbonyl (C=O) groups excluding carboxylic acids is 1. The summed E-state index contributed by atoms with van der Waals surface area (Å²) in [5.74, 6) is 0.817. The van der Waals surface area contributed by atoms with E-state index in [1.54, 1.807) is 14.2 Å². The minimum atomic E-state index is -0.148. The van der Waals surface area contributed by atoms with Gasteiger partial charge >= 0.3 is 0 Å². The van der Waals surface area contributed by atoms with E-state index in [2.05, 4.69) is 27.2 Å². The first-order valence-corrected chi connectivity index (χ1v) is 13.5. The van der Waals surface area contributed by atoms with Gasteiger partial charge in [0.15, 0.2) is 0 Å². The number of nitrogens with zero attached hydrogens (tertiary/aromatic N) is 5. The van der Waals surface area contributed by atoms with E-state index in [4.69, 9.17) is 19.6 Å². The number of amides is 1. The van der Waals surface area contributed by atoms with Gasteiger partial charge in [-0.25, -0.2) is 4.68 Å². The predicted octanol–water partition coefficient (Wildman–Crippen LogP) is 3.84. The summed E-state index contributed by atoms with van der Waals surface area (Å²) in [4.78, 5) is 22.4. The Kier molecular flexibility index (Phi) is 8.70. The van der Waals surface area contributed by atoms with Crippen LogP contribution in [0.3, 0.4) is 0 Å². The van der Waals surface area contributed by atoms with Crippen molar-refractivity contribution in [2.75, 3.05) is 58.5 Å². The molecule has 2 aromatic carbocycles. The third-order valence-corrected chi connectivity index (χ3v) is 7.20. The van der Waals surface area contributed by atoms with E-state index in [-0.39, 0.29) is 11.9 Å². The number of aromatic nitrogens is 3. The smallest absolute Gasteiger partial charge is 0.222 e. The zero-order valence-electron chi connectivity index (χ0n) is 22.6. The number of nitrogens with one attached hydrogen (secondary N) is 1. The van der Waals surface area contributed by atoms with E-state index in [0.717, 1.165) is 66.3 Å². The molecule has 3 heterocycles. The first-order valence-electron chi connectivity index (χ1n) is 13.5. The second kappa shape index (κ2) is 12.7. The molecule has 39 heavy (non-hydrogen) atoms. The second-order valence-electron chi connectivity index (χ2n) is 9.65. The van der Waals surface area contributed by atoms with Crippen LogP contribution in [0.1, 0.15) is 24.6 Å². The maximum Gasteiger partial charge on any atom is 0.222 e. The number of carbonyl (C=O) groups is 1. The van der Waals surface area contributed by atoms with Crippen molar-refractivity contribution in [1.82, 2.24) is 25.0 Å². The minimum Gasteiger partial charge on any atom is -0.494 e. The predicted molar refractivity (Wildman–Crippen MR) is 153 cm³/mol. The number of rotatable bonds is 10. The molecule has 1 aliphatic rings. The van der Waals surface area contributed by atoms with Crippen molar-refractivity contribution in [3.8, 4) is 11.4 Å². The van der Waals surface area contributed by atoms with Crippen LogP contribution in [-0.4, -0.2) is 79.1 Å². The molecule has 5 rings (SSSR count). The average molecular weight is 529 g/mol. The summed E-state index contributed by atoms with van der Waals surface area (Å²) in [5.41, 5.74) is 3.85. The fourth-order valence-electron chi connectivity index (χ4n) is 5.26. The number of para-hydroxylation sites is 1. The fraction of sp³-hybridized carbons (Fsp3) is 0.367. The maximum atomic E-state index is 13.0. The Hall–Kier alpha value is -3.95. The van der Waals surface area contributed by atoms with Crippen LogP contribution in [-0.2, 0) is 9.53 Å². The van der Waals surface area contributed by atoms with E-state index >= 15 is 0 Å². The highest BCUT2D eigenvalue weighted by Gasteiger charge is 2.29. The molecule has 1 saturated heterocycles. The lowest BCUT2D eigenvalue weighted by atomic mass is 10.1. The monoisotopic (exact) mass is 528 g/mol. The second-order valence-corrected chi connectivity index (χ2v) is 9.65. The average Bonchev–Trinajstić information content (AvgIpc) is 3.34. The molecule has 0 radical (unpaired) electrons. The molecule has 1 aliphatic heterocycles. The number of ether oxygens (including phenoxy) is 2. The Balaban J connectivity index is 1.39. The summed E-state index contributed by atoms with van der Waals surface area (Å²) in [6.45, 7) is 4.26. The standard InChI is InChI=1S/C30H36N6O3/c1-38-21-15-31-28(37)22-26(25-13-18-36(33-25)24-9-4-3-5-10-24)34-16-7-17-35(20-19-34)30-27(39-2)12-11-23-8-6-14-32-29(23)30/h3-6,8-14,18,26H,7,15-17,19-22H2,1-2H3,(H,31,37). The molecular weight excluding hydrogens is 492 g/mol. The molecule has 0 saturated carbocycles. The molecule has 0 spiro atoms. The number of benzene rings is 2. The summed E-state index contributed by atoms with van der Waals surface area (Å²) in [7, 11) is 3.34. The van der Waals surface area contributed by atoms with E-state index in [1.807, 2.05) is 65.6 Å². The van der Waals surface area contributed by atoms with Gasteiger partial charge in [0.25, 0.3) is 0 Å². The molecule has 9 nitrogen and oxygen atoms in total. The summed E-state index contributed by atoms with van der Waals surface area (Å²) in [5, 5.41) is 8.98. The van der Waals surface area contributed by atoms with Crippen LogP contribution >= 0.6 is 0 Å². The van der Waals surface area contributed by atoms with Crippen molar-refractivity contribution < 1.29 is 14.3 Å². The summed E-state index contributed by atoms with van der Waals surface area (Å²) in [6.07, 6.45) is 5.07. The van der Waals surface area contributed by atoms with Gasteiger partial charge in [0, 0.05) is 64.0 Å². The van der Waals surface area contributed by atoms with Gasteiger partial charge < -0.3 is 19.7 Å². The third-order valence-electron chi connectivity index (χ3n) is 7.20. The van der Waals surface area contributed by atoms with Crippen molar-refractivity contribution in [1.29, 1.82) is 0 Å². The normalized spacial score (nSPS) is 15.2. The van der Waals surface area contributed by atoms with Gasteiger partial charge in [0.05, 0.1) is 36.7 Å². The van der Waals surface area contributed by atoms with Gasteiger partial charge in [-0.05, 0) is 42.8 Å². The lowest BCUT2D eigenvalue weighted by Crippen LogP contribution is -2.37. The van der Waals surface area contributed by atoms with Crippen LogP contribution in [0.15, 0.2) is 73.1 Å². The highest BCUT2D eigenvalue weighted by Crippen LogP contribution is 2.36. The Morgan fingerprint density at radius 3 is 2.69 bits per heavy atom. The number of pyridine rings is 1.